The molecule has 2 saturated heterocycles. The summed E-state index contributed by atoms with van der Waals surface area (Å²) in [5.41, 5.74) is 2.95. The van der Waals surface area contributed by atoms with E-state index < -0.39 is 6.04 Å². The monoisotopic (exact) mass is 558 g/mol. The molecule has 1 N–H and O–H groups in total. The van der Waals surface area contributed by atoms with Crippen molar-refractivity contribution in [3.05, 3.63) is 78.4 Å². The second-order valence-corrected chi connectivity index (χ2v) is 9.96. The van der Waals surface area contributed by atoms with Gasteiger partial charge in [-0.2, -0.15) is 0 Å². The molecule has 206 valence electrons. The zero-order valence-electron chi connectivity index (χ0n) is 22.3. The molecule has 9 nitrogen and oxygen atoms in total. The van der Waals surface area contributed by atoms with Crippen LogP contribution in [-0.4, -0.2) is 54.5 Å². The number of rotatable bonds is 9. The third-order valence-corrected chi connectivity index (χ3v) is 7.49. The van der Waals surface area contributed by atoms with Gasteiger partial charge in [0.1, 0.15) is 17.5 Å². The molecule has 5 rings (SSSR count). The molecule has 3 aromatic carbocycles. The standard InChI is InChI=1S/C30H30N4O5S/c1-38-24-13-7-21(8-14-24)31-27(35)18-26-29(37)34(23-11-15-25(39-2)16-12-23)30(40)33(26)19-20-5-9-22(10-6-20)32-17-3-4-28(32)36/h5-16,26H,3-4,17-19H2,1-2H3,(H,31,35)/t26-/m0/s1. The van der Waals surface area contributed by atoms with Crippen LogP contribution >= 0.6 is 12.2 Å². The average molecular weight is 559 g/mol. The van der Waals surface area contributed by atoms with Crippen molar-refractivity contribution in [2.24, 2.45) is 0 Å². The van der Waals surface area contributed by atoms with E-state index in [9.17, 15) is 14.4 Å². The van der Waals surface area contributed by atoms with Crippen molar-refractivity contribution in [1.29, 1.82) is 0 Å². The first-order chi connectivity index (χ1) is 19.4. The predicted molar refractivity (Wildman–Crippen MR) is 157 cm³/mol. The number of hydrogen-bond acceptors (Lipinski definition) is 6. The van der Waals surface area contributed by atoms with Crippen LogP contribution in [0.15, 0.2) is 72.8 Å². The number of methoxy groups -OCH3 is 2. The highest BCUT2D eigenvalue weighted by atomic mass is 32.1. The van der Waals surface area contributed by atoms with Gasteiger partial charge in [-0.25, -0.2) is 0 Å². The van der Waals surface area contributed by atoms with Gasteiger partial charge in [0.15, 0.2) is 5.11 Å². The molecule has 2 heterocycles. The molecule has 3 amide bonds. The highest BCUT2D eigenvalue weighted by Gasteiger charge is 2.44. The van der Waals surface area contributed by atoms with Crippen LogP contribution < -0.4 is 24.6 Å². The van der Waals surface area contributed by atoms with E-state index in [1.807, 2.05) is 24.3 Å². The van der Waals surface area contributed by atoms with Gasteiger partial charge in [0.2, 0.25) is 11.8 Å². The molecule has 2 fully saturated rings. The molecular formula is C30H30N4O5S. The maximum atomic E-state index is 13.7. The smallest absolute Gasteiger partial charge is 0.256 e. The van der Waals surface area contributed by atoms with Crippen molar-refractivity contribution in [2.45, 2.75) is 31.8 Å². The van der Waals surface area contributed by atoms with Gasteiger partial charge in [0, 0.05) is 30.9 Å². The Morgan fingerprint density at radius 2 is 1.50 bits per heavy atom. The number of anilines is 3. The summed E-state index contributed by atoms with van der Waals surface area (Å²) in [5, 5.41) is 3.18. The molecule has 10 heteroatoms. The molecule has 0 saturated carbocycles. The number of ether oxygens (including phenoxy) is 2. The number of carbonyl (C=O) groups is 3. The lowest BCUT2D eigenvalue weighted by Crippen LogP contribution is -2.37. The second kappa shape index (κ2) is 11.7. The van der Waals surface area contributed by atoms with Crippen LogP contribution in [0.2, 0.25) is 0 Å². The van der Waals surface area contributed by atoms with E-state index in [1.54, 1.807) is 72.6 Å². The van der Waals surface area contributed by atoms with E-state index in [0.717, 1.165) is 17.7 Å². The number of nitrogens with zero attached hydrogens (tertiary/aromatic N) is 3. The van der Waals surface area contributed by atoms with Crippen LogP contribution in [0.4, 0.5) is 17.1 Å². The van der Waals surface area contributed by atoms with Crippen LogP contribution in [0.1, 0.15) is 24.8 Å². The lowest BCUT2D eigenvalue weighted by Gasteiger charge is -2.24. The first-order valence-electron chi connectivity index (χ1n) is 13.0. The third-order valence-electron chi connectivity index (χ3n) is 7.08. The van der Waals surface area contributed by atoms with E-state index in [1.165, 1.54) is 4.90 Å². The SMILES string of the molecule is COc1ccc(NC(=O)C[C@H]2C(=O)N(c3ccc(OC)cc3)C(=S)N2Cc2ccc(N3CCCC3=O)cc2)cc1. The normalized spacial score (nSPS) is 17.0. The van der Waals surface area contributed by atoms with Crippen LogP contribution in [0, 0.1) is 0 Å². The van der Waals surface area contributed by atoms with E-state index in [2.05, 4.69) is 5.32 Å². The number of hydrogen-bond donors (Lipinski definition) is 1. The average Bonchev–Trinajstić information content (AvgIpc) is 3.50. The van der Waals surface area contributed by atoms with Crippen molar-refractivity contribution in [3.63, 3.8) is 0 Å². The minimum absolute atomic E-state index is 0.0853. The first-order valence-corrected chi connectivity index (χ1v) is 13.4. The summed E-state index contributed by atoms with van der Waals surface area (Å²) in [7, 11) is 3.15. The van der Waals surface area contributed by atoms with E-state index >= 15 is 0 Å². The molecule has 0 aliphatic carbocycles. The highest BCUT2D eigenvalue weighted by Crippen LogP contribution is 2.31. The molecule has 2 aliphatic rings. The maximum Gasteiger partial charge on any atom is 0.256 e. The van der Waals surface area contributed by atoms with Crippen molar-refractivity contribution in [1.82, 2.24) is 4.90 Å². The summed E-state index contributed by atoms with van der Waals surface area (Å²) in [6, 6.07) is 20.9. The molecule has 0 spiro atoms. The lowest BCUT2D eigenvalue weighted by molar-refractivity contribution is -0.124. The molecule has 0 unspecified atom stereocenters. The van der Waals surface area contributed by atoms with Crippen LogP contribution in [0.3, 0.4) is 0 Å². The Hall–Kier alpha value is -4.44. The van der Waals surface area contributed by atoms with E-state index in [0.29, 0.717) is 47.5 Å². The van der Waals surface area contributed by atoms with E-state index in [4.69, 9.17) is 21.7 Å². The number of carbonyl (C=O) groups excluding carboxylic acids is 3. The van der Waals surface area contributed by atoms with Crippen LogP contribution in [0.25, 0.3) is 0 Å². The van der Waals surface area contributed by atoms with Gasteiger partial charge in [-0.1, -0.05) is 12.1 Å². The van der Waals surface area contributed by atoms with Crippen LogP contribution in [0.5, 0.6) is 11.5 Å². The molecular weight excluding hydrogens is 528 g/mol. The van der Waals surface area contributed by atoms with Crippen molar-refractivity contribution in [2.75, 3.05) is 35.9 Å². The van der Waals surface area contributed by atoms with Gasteiger partial charge in [0.05, 0.1) is 26.3 Å². The summed E-state index contributed by atoms with van der Waals surface area (Å²) >= 11 is 5.80. The van der Waals surface area contributed by atoms with Gasteiger partial charge < -0.3 is 24.6 Å². The van der Waals surface area contributed by atoms with Crippen molar-refractivity contribution >= 4 is 52.1 Å². The minimum atomic E-state index is -0.798. The Morgan fingerprint density at radius 1 is 0.900 bits per heavy atom. The summed E-state index contributed by atoms with van der Waals surface area (Å²) in [6.45, 7) is 1.04. The van der Waals surface area contributed by atoms with Crippen molar-refractivity contribution < 1.29 is 23.9 Å². The van der Waals surface area contributed by atoms with Gasteiger partial charge in [-0.05, 0) is 84.9 Å². The Bertz CT molecular complexity index is 1410. The topological polar surface area (TPSA) is 91.4 Å². The number of benzene rings is 3. The lowest BCUT2D eigenvalue weighted by atomic mass is 10.1. The zero-order valence-corrected chi connectivity index (χ0v) is 23.1. The molecule has 0 bridgehead atoms. The number of nitrogens with one attached hydrogen (secondary N) is 1. The fourth-order valence-electron chi connectivity index (χ4n) is 4.94. The minimum Gasteiger partial charge on any atom is -0.497 e. The Morgan fingerprint density at radius 3 is 2.08 bits per heavy atom. The molecule has 1 atom stereocenters. The molecule has 2 aliphatic heterocycles. The summed E-state index contributed by atoms with van der Waals surface area (Å²) in [6.07, 6.45) is 1.33. The van der Waals surface area contributed by atoms with Gasteiger partial charge >= 0.3 is 0 Å². The molecule has 0 radical (unpaired) electrons. The first kappa shape index (κ1) is 27.1. The van der Waals surface area contributed by atoms with Gasteiger partial charge in [0.25, 0.3) is 5.91 Å². The molecule has 40 heavy (non-hydrogen) atoms. The fourth-order valence-corrected chi connectivity index (χ4v) is 5.33. The quantitative estimate of drug-likeness (QED) is 0.390. The van der Waals surface area contributed by atoms with Gasteiger partial charge in [-0.15, -0.1) is 0 Å². The van der Waals surface area contributed by atoms with Gasteiger partial charge in [-0.3, -0.25) is 19.3 Å². The Labute approximate surface area is 238 Å². The molecule has 3 aromatic rings. The maximum absolute atomic E-state index is 13.7. The predicted octanol–water partition coefficient (Wildman–Crippen LogP) is 4.36. The van der Waals surface area contributed by atoms with Crippen LogP contribution in [-0.2, 0) is 20.9 Å². The highest BCUT2D eigenvalue weighted by molar-refractivity contribution is 7.80. The largest absolute Gasteiger partial charge is 0.497 e. The summed E-state index contributed by atoms with van der Waals surface area (Å²) < 4.78 is 10.4. The zero-order chi connectivity index (χ0) is 28.2. The molecule has 0 aromatic heterocycles. The van der Waals surface area contributed by atoms with E-state index in [-0.39, 0.29) is 24.1 Å². The second-order valence-electron chi connectivity index (χ2n) is 9.59. The van der Waals surface area contributed by atoms with Crippen molar-refractivity contribution in [3.8, 4) is 11.5 Å². The number of thiocarbonyl (C=S) groups is 1. The summed E-state index contributed by atoms with van der Waals surface area (Å²) in [5.74, 6) is 0.869. The summed E-state index contributed by atoms with van der Waals surface area (Å²) in [4.78, 5) is 44.0. The fraction of sp³-hybridized carbons (Fsp3) is 0.267. The Kier molecular flexibility index (Phi) is 7.97. The number of amides is 3. The Balaban J connectivity index is 1.37. The third kappa shape index (κ3) is 5.62.